The van der Waals surface area contributed by atoms with Crippen LogP contribution in [0, 0.1) is 0 Å². The molecular weight excluding hydrogens is 418 g/mol. The third-order valence-corrected chi connectivity index (χ3v) is 6.61. The van der Waals surface area contributed by atoms with E-state index in [1.165, 1.54) is 17.2 Å². The van der Waals surface area contributed by atoms with Gasteiger partial charge in [0.15, 0.2) is 0 Å². The van der Waals surface area contributed by atoms with Gasteiger partial charge in [0.2, 0.25) is 0 Å². The molecule has 7 nitrogen and oxygen atoms in total. The summed E-state index contributed by atoms with van der Waals surface area (Å²) in [6, 6.07) is 16.0. The molecule has 7 heteroatoms. The van der Waals surface area contributed by atoms with Crippen molar-refractivity contribution >= 4 is 10.9 Å². The largest absolute Gasteiger partial charge is 0.497 e. The zero-order valence-electron chi connectivity index (χ0n) is 19.3. The quantitative estimate of drug-likeness (QED) is 0.483. The molecule has 0 saturated heterocycles. The number of methoxy groups -OCH3 is 1. The van der Waals surface area contributed by atoms with Crippen LogP contribution in [-0.4, -0.2) is 27.4 Å². The second-order valence-electron chi connectivity index (χ2n) is 8.39. The summed E-state index contributed by atoms with van der Waals surface area (Å²) in [5.41, 5.74) is 4.74. The molecule has 2 aromatic carbocycles. The molecule has 33 heavy (non-hydrogen) atoms. The second kappa shape index (κ2) is 8.08. The molecule has 0 spiro atoms. The monoisotopic (exact) mass is 445 g/mol. The van der Waals surface area contributed by atoms with Crippen LogP contribution >= 0.6 is 0 Å². The van der Waals surface area contributed by atoms with E-state index >= 15 is 0 Å². The van der Waals surface area contributed by atoms with E-state index in [1.807, 2.05) is 24.3 Å². The maximum atomic E-state index is 13.4. The molecule has 170 valence electrons. The smallest absolute Gasteiger partial charge is 0.331 e. The number of aromatic nitrogens is 3. The molecule has 0 saturated carbocycles. The van der Waals surface area contributed by atoms with E-state index in [4.69, 9.17) is 9.47 Å². The molecule has 1 atom stereocenters. The highest BCUT2D eigenvalue weighted by Gasteiger charge is 2.33. The first kappa shape index (κ1) is 21.3. The van der Waals surface area contributed by atoms with Gasteiger partial charge in [0.25, 0.3) is 5.56 Å². The van der Waals surface area contributed by atoms with Crippen molar-refractivity contribution in [3.8, 4) is 17.0 Å². The minimum atomic E-state index is -0.378. The van der Waals surface area contributed by atoms with Gasteiger partial charge in [0, 0.05) is 20.6 Å². The van der Waals surface area contributed by atoms with Gasteiger partial charge in [-0.05, 0) is 47.4 Å². The van der Waals surface area contributed by atoms with E-state index < -0.39 is 0 Å². The average Bonchev–Trinajstić information content (AvgIpc) is 3.22. The van der Waals surface area contributed by atoms with Crippen molar-refractivity contribution in [3.05, 3.63) is 86.2 Å². The fourth-order valence-electron chi connectivity index (χ4n) is 4.81. The molecule has 1 aliphatic heterocycles. The molecule has 5 rings (SSSR count). The molecule has 3 heterocycles. The molecule has 0 bridgehead atoms. The van der Waals surface area contributed by atoms with Crippen LogP contribution in [-0.2, 0) is 31.8 Å². The fourth-order valence-corrected chi connectivity index (χ4v) is 4.81. The van der Waals surface area contributed by atoms with Crippen LogP contribution < -0.4 is 16.0 Å². The van der Waals surface area contributed by atoms with Gasteiger partial charge in [-0.15, -0.1) is 0 Å². The molecule has 0 unspecified atom stereocenters. The van der Waals surface area contributed by atoms with Gasteiger partial charge in [-0.25, -0.2) is 4.79 Å². The van der Waals surface area contributed by atoms with Crippen molar-refractivity contribution in [1.82, 2.24) is 13.7 Å². The Morgan fingerprint density at radius 1 is 1.00 bits per heavy atom. The topological polar surface area (TPSA) is 67.4 Å². The summed E-state index contributed by atoms with van der Waals surface area (Å²) in [6.45, 7) is 3.22. The first-order valence-corrected chi connectivity index (χ1v) is 11.1. The number of hydrogen-bond acceptors (Lipinski definition) is 4. The summed E-state index contributed by atoms with van der Waals surface area (Å²) in [6.07, 6.45) is 0.578. The van der Waals surface area contributed by atoms with Crippen LogP contribution in [0.25, 0.3) is 22.2 Å². The highest BCUT2D eigenvalue weighted by molar-refractivity contribution is 5.96. The lowest BCUT2D eigenvalue weighted by molar-refractivity contribution is 0.0478. The Balaban J connectivity index is 1.87. The lowest BCUT2D eigenvalue weighted by Gasteiger charge is -2.28. The first-order chi connectivity index (χ1) is 16.0. The molecule has 0 radical (unpaired) electrons. The van der Waals surface area contributed by atoms with E-state index in [-0.39, 0.29) is 17.4 Å². The van der Waals surface area contributed by atoms with Gasteiger partial charge in [-0.1, -0.05) is 31.2 Å². The summed E-state index contributed by atoms with van der Waals surface area (Å²) in [4.78, 5) is 26.3. The summed E-state index contributed by atoms with van der Waals surface area (Å²) in [7, 11) is 4.87. The van der Waals surface area contributed by atoms with Gasteiger partial charge in [0.05, 0.1) is 36.0 Å². The van der Waals surface area contributed by atoms with Gasteiger partial charge in [0.1, 0.15) is 11.9 Å². The van der Waals surface area contributed by atoms with Crippen LogP contribution in [0.3, 0.4) is 0 Å². The molecule has 0 amide bonds. The van der Waals surface area contributed by atoms with Crippen molar-refractivity contribution in [2.45, 2.75) is 26.0 Å². The van der Waals surface area contributed by atoms with Crippen LogP contribution in [0.2, 0.25) is 0 Å². The fraction of sp³-hybridized carbons (Fsp3) is 0.308. The number of fused-ring (bicyclic) bond motifs is 3. The van der Waals surface area contributed by atoms with Crippen molar-refractivity contribution in [1.29, 1.82) is 0 Å². The number of aryl methyl sites for hydroxylation is 2. The van der Waals surface area contributed by atoms with Crippen LogP contribution in [0.1, 0.15) is 29.8 Å². The third-order valence-electron chi connectivity index (χ3n) is 6.61. The minimum Gasteiger partial charge on any atom is -0.497 e. The lowest BCUT2D eigenvalue weighted by Crippen LogP contribution is -2.37. The Hall–Kier alpha value is -3.58. The van der Waals surface area contributed by atoms with Crippen molar-refractivity contribution in [2.75, 3.05) is 13.7 Å². The molecular formula is C26H27N3O4. The van der Waals surface area contributed by atoms with Crippen LogP contribution in [0.4, 0.5) is 0 Å². The molecule has 0 fully saturated rings. The predicted octanol–water partition coefficient (Wildman–Crippen LogP) is 3.40. The molecule has 0 aliphatic carbocycles. The average molecular weight is 446 g/mol. The molecule has 4 aromatic rings. The van der Waals surface area contributed by atoms with Crippen molar-refractivity contribution in [2.24, 2.45) is 14.1 Å². The van der Waals surface area contributed by atoms with Gasteiger partial charge in [-0.3, -0.25) is 13.9 Å². The normalized spacial score (nSPS) is 15.6. The van der Waals surface area contributed by atoms with Crippen molar-refractivity contribution in [3.63, 3.8) is 0 Å². The second-order valence-corrected chi connectivity index (χ2v) is 8.39. The van der Waals surface area contributed by atoms with E-state index in [9.17, 15) is 9.59 Å². The number of benzene rings is 2. The molecule has 2 aromatic heterocycles. The predicted molar refractivity (Wildman–Crippen MR) is 128 cm³/mol. The Morgan fingerprint density at radius 2 is 1.70 bits per heavy atom. The summed E-state index contributed by atoms with van der Waals surface area (Å²) < 4.78 is 16.5. The van der Waals surface area contributed by atoms with Gasteiger partial charge < -0.3 is 14.0 Å². The Morgan fingerprint density at radius 3 is 2.33 bits per heavy atom. The van der Waals surface area contributed by atoms with E-state index in [0.29, 0.717) is 24.1 Å². The van der Waals surface area contributed by atoms with E-state index in [0.717, 1.165) is 34.7 Å². The highest BCUT2D eigenvalue weighted by Crippen LogP contribution is 2.40. The molecule has 1 aliphatic rings. The number of nitrogens with zero attached hydrogens (tertiary/aromatic N) is 3. The summed E-state index contributed by atoms with van der Waals surface area (Å²) in [5.74, 6) is 0.742. The van der Waals surface area contributed by atoms with Gasteiger partial charge >= 0.3 is 5.69 Å². The summed E-state index contributed by atoms with van der Waals surface area (Å²) in [5, 5.41) is 0.528. The van der Waals surface area contributed by atoms with E-state index in [2.05, 4.69) is 35.8 Å². The van der Waals surface area contributed by atoms with Crippen LogP contribution in [0.15, 0.2) is 58.1 Å². The number of ether oxygens (including phenoxy) is 2. The van der Waals surface area contributed by atoms with Crippen molar-refractivity contribution < 1.29 is 9.47 Å². The minimum absolute atomic E-state index is 0.305. The Bertz CT molecular complexity index is 1460. The third kappa shape index (κ3) is 3.23. The van der Waals surface area contributed by atoms with E-state index in [1.54, 1.807) is 18.7 Å². The number of rotatable bonds is 4. The molecule has 0 N–H and O–H groups in total. The summed E-state index contributed by atoms with van der Waals surface area (Å²) >= 11 is 0. The Labute approximate surface area is 191 Å². The lowest BCUT2D eigenvalue weighted by atomic mass is 10.0. The number of hydrogen-bond donors (Lipinski definition) is 0. The maximum Gasteiger partial charge on any atom is 0.331 e. The highest BCUT2D eigenvalue weighted by atomic mass is 16.5. The standard InChI is InChI=1S/C26H27N3O4/c1-5-16-6-8-18(9-7-16)24-23-22-20(25(30)28(3)26(31)27(22)2)21(29(23)14-15-33-24)17-10-12-19(32-4)13-11-17/h6-13,24H,5,14-15H2,1-4H3/t24-/m0/s1. The first-order valence-electron chi connectivity index (χ1n) is 11.1. The van der Waals surface area contributed by atoms with Gasteiger partial charge in [-0.2, -0.15) is 0 Å². The maximum absolute atomic E-state index is 13.4. The SMILES string of the molecule is CCc1ccc([C@@H]2OCCn3c(-c4ccc(OC)cc4)c4c(=O)n(C)c(=O)n(C)c4c32)cc1. The Kier molecular flexibility index (Phi) is 5.21. The zero-order chi connectivity index (χ0) is 23.3. The zero-order valence-corrected chi connectivity index (χ0v) is 19.3. The van der Waals surface area contributed by atoms with Crippen LogP contribution in [0.5, 0.6) is 5.75 Å².